The van der Waals surface area contributed by atoms with Crippen LogP contribution in [0.15, 0.2) is 10.3 Å². The van der Waals surface area contributed by atoms with Crippen LogP contribution in [-0.4, -0.2) is 31.5 Å². The molecule has 0 aliphatic carbocycles. The number of aromatic nitrogens is 3. The zero-order valence-electron chi connectivity index (χ0n) is 8.06. The van der Waals surface area contributed by atoms with Crippen molar-refractivity contribution in [1.82, 2.24) is 15.2 Å². The van der Waals surface area contributed by atoms with Gasteiger partial charge in [0.15, 0.2) is 5.84 Å². The second-order valence-corrected chi connectivity index (χ2v) is 3.91. The summed E-state index contributed by atoms with van der Waals surface area (Å²) in [7, 11) is 0. The van der Waals surface area contributed by atoms with Crippen molar-refractivity contribution in [2.24, 2.45) is 10.9 Å². The number of nitrogens with one attached hydrogen (secondary N) is 1. The van der Waals surface area contributed by atoms with Gasteiger partial charge in [-0.05, 0) is 13.3 Å². The molecule has 0 amide bonds. The number of nitrogens with zero attached hydrogens (tertiary/aromatic N) is 3. The van der Waals surface area contributed by atoms with E-state index in [-0.39, 0.29) is 11.1 Å². The molecule has 1 aromatic heterocycles. The molecule has 0 aliphatic heterocycles. The molecule has 0 spiro atoms. The fourth-order valence-corrected chi connectivity index (χ4v) is 1.80. The molecular weight excluding hydrogens is 202 g/mol. The molecule has 1 rings (SSSR count). The van der Waals surface area contributed by atoms with Gasteiger partial charge in [-0.2, -0.15) is 0 Å². The Kier molecular flexibility index (Phi) is 3.75. The topological polar surface area (TPSA) is 100 Å². The Hall–Kier alpha value is -1.24. The Labute approximate surface area is 86.0 Å². The van der Waals surface area contributed by atoms with Gasteiger partial charge in [-0.15, -0.1) is 5.10 Å². The first-order valence-corrected chi connectivity index (χ1v) is 5.08. The lowest BCUT2D eigenvalue weighted by molar-refractivity contribution is 0.317. The van der Waals surface area contributed by atoms with E-state index in [9.17, 15) is 0 Å². The number of amidine groups is 1. The Balaban J connectivity index is 2.66. The third-order valence-corrected chi connectivity index (χ3v) is 2.89. The summed E-state index contributed by atoms with van der Waals surface area (Å²) in [5, 5.41) is 18.7. The molecule has 14 heavy (non-hydrogen) atoms. The van der Waals surface area contributed by atoms with E-state index in [1.54, 1.807) is 0 Å². The standard InChI is InChI=1S/C7H13N5OS/c1-3-5(6(8)12-13)14-7-9-4(2)10-11-7/h5,13H,3H2,1-2H3,(H2,8,12)(H,9,10,11). The Morgan fingerprint density at radius 3 is 2.93 bits per heavy atom. The van der Waals surface area contributed by atoms with Gasteiger partial charge in [0, 0.05) is 0 Å². The van der Waals surface area contributed by atoms with Crippen molar-refractivity contribution in [3.8, 4) is 0 Å². The third-order valence-electron chi connectivity index (χ3n) is 1.64. The van der Waals surface area contributed by atoms with E-state index in [2.05, 4.69) is 20.3 Å². The van der Waals surface area contributed by atoms with Crippen LogP contribution in [0.3, 0.4) is 0 Å². The van der Waals surface area contributed by atoms with Crippen molar-refractivity contribution >= 4 is 17.6 Å². The Morgan fingerprint density at radius 1 is 1.79 bits per heavy atom. The van der Waals surface area contributed by atoms with Crippen LogP contribution in [0.1, 0.15) is 19.2 Å². The average molecular weight is 215 g/mol. The van der Waals surface area contributed by atoms with Crippen LogP contribution < -0.4 is 5.73 Å². The van der Waals surface area contributed by atoms with E-state index >= 15 is 0 Å². The molecule has 1 heterocycles. The summed E-state index contributed by atoms with van der Waals surface area (Å²) in [6.07, 6.45) is 0.758. The van der Waals surface area contributed by atoms with E-state index in [4.69, 9.17) is 10.9 Å². The van der Waals surface area contributed by atoms with Gasteiger partial charge in [-0.1, -0.05) is 23.8 Å². The number of thioether (sulfide) groups is 1. The molecule has 0 bridgehead atoms. The highest BCUT2D eigenvalue weighted by atomic mass is 32.2. The van der Waals surface area contributed by atoms with E-state index < -0.39 is 0 Å². The molecule has 0 saturated carbocycles. The fourth-order valence-electron chi connectivity index (χ4n) is 0.919. The number of aromatic amines is 1. The Bertz CT molecular complexity index is 324. The van der Waals surface area contributed by atoms with Crippen LogP contribution in [0, 0.1) is 6.92 Å². The van der Waals surface area contributed by atoms with Gasteiger partial charge in [-0.3, -0.25) is 5.10 Å². The summed E-state index contributed by atoms with van der Waals surface area (Å²) in [6, 6.07) is 0. The number of hydrogen-bond acceptors (Lipinski definition) is 5. The molecule has 0 saturated heterocycles. The molecule has 1 unspecified atom stereocenters. The van der Waals surface area contributed by atoms with Gasteiger partial charge in [0.05, 0.1) is 5.25 Å². The summed E-state index contributed by atoms with van der Waals surface area (Å²) in [6.45, 7) is 3.77. The van der Waals surface area contributed by atoms with Crippen molar-refractivity contribution in [2.45, 2.75) is 30.7 Å². The number of hydrogen-bond donors (Lipinski definition) is 3. The van der Waals surface area contributed by atoms with Crippen LogP contribution >= 0.6 is 11.8 Å². The molecule has 0 aliphatic rings. The van der Waals surface area contributed by atoms with Crippen LogP contribution in [0.5, 0.6) is 0 Å². The predicted octanol–water partition coefficient (Wildman–Crippen LogP) is 0.730. The lowest BCUT2D eigenvalue weighted by atomic mass is 10.3. The molecule has 7 heteroatoms. The molecule has 1 atom stereocenters. The van der Waals surface area contributed by atoms with Crippen molar-refractivity contribution in [3.63, 3.8) is 0 Å². The summed E-state index contributed by atoms with van der Waals surface area (Å²) in [5.74, 6) is 0.946. The molecule has 78 valence electrons. The molecule has 1 aromatic rings. The number of oxime groups is 1. The van der Waals surface area contributed by atoms with Crippen LogP contribution in [0.4, 0.5) is 0 Å². The second kappa shape index (κ2) is 4.85. The van der Waals surface area contributed by atoms with Crippen LogP contribution in [0.2, 0.25) is 0 Å². The van der Waals surface area contributed by atoms with Gasteiger partial charge >= 0.3 is 0 Å². The SMILES string of the molecule is CCC(Sc1n[nH]c(C)n1)C(N)=NO. The van der Waals surface area contributed by atoms with Crippen molar-refractivity contribution in [1.29, 1.82) is 0 Å². The minimum Gasteiger partial charge on any atom is -0.409 e. The summed E-state index contributed by atoms with van der Waals surface area (Å²) >= 11 is 1.37. The number of nitrogens with two attached hydrogens (primary N) is 1. The second-order valence-electron chi connectivity index (χ2n) is 2.74. The highest BCUT2D eigenvalue weighted by Crippen LogP contribution is 2.21. The zero-order chi connectivity index (χ0) is 10.6. The summed E-state index contributed by atoms with van der Waals surface area (Å²) in [4.78, 5) is 4.12. The van der Waals surface area contributed by atoms with E-state index in [1.165, 1.54) is 11.8 Å². The van der Waals surface area contributed by atoms with Gasteiger partial charge in [0.25, 0.3) is 0 Å². The van der Waals surface area contributed by atoms with E-state index in [0.717, 1.165) is 12.2 Å². The van der Waals surface area contributed by atoms with E-state index in [0.29, 0.717) is 5.16 Å². The monoisotopic (exact) mass is 215 g/mol. The normalized spacial score (nSPS) is 14.3. The lowest BCUT2D eigenvalue weighted by Gasteiger charge is -2.09. The van der Waals surface area contributed by atoms with Gasteiger partial charge in [-0.25, -0.2) is 4.98 Å². The largest absolute Gasteiger partial charge is 0.409 e. The van der Waals surface area contributed by atoms with Gasteiger partial charge in [0.1, 0.15) is 5.82 Å². The first-order valence-electron chi connectivity index (χ1n) is 4.20. The Morgan fingerprint density at radius 2 is 2.50 bits per heavy atom. The average Bonchev–Trinajstić information content (AvgIpc) is 2.59. The lowest BCUT2D eigenvalue weighted by Crippen LogP contribution is -2.25. The highest BCUT2D eigenvalue weighted by molar-refractivity contribution is 8.00. The molecule has 0 aromatic carbocycles. The first-order chi connectivity index (χ1) is 6.67. The molecule has 6 nitrogen and oxygen atoms in total. The number of aryl methyl sites for hydroxylation is 1. The van der Waals surface area contributed by atoms with Crippen LogP contribution in [0.25, 0.3) is 0 Å². The number of H-pyrrole nitrogens is 1. The van der Waals surface area contributed by atoms with Crippen molar-refractivity contribution < 1.29 is 5.21 Å². The predicted molar refractivity (Wildman–Crippen MR) is 54.5 cm³/mol. The molecular formula is C7H13N5OS. The minimum atomic E-state index is -0.0878. The number of rotatable bonds is 4. The third kappa shape index (κ3) is 2.63. The first kappa shape index (κ1) is 10.8. The maximum atomic E-state index is 8.52. The maximum absolute atomic E-state index is 8.52. The molecule has 0 radical (unpaired) electrons. The zero-order valence-corrected chi connectivity index (χ0v) is 8.88. The van der Waals surface area contributed by atoms with Crippen molar-refractivity contribution in [2.75, 3.05) is 0 Å². The van der Waals surface area contributed by atoms with Crippen molar-refractivity contribution in [3.05, 3.63) is 5.82 Å². The molecule has 0 fully saturated rings. The van der Waals surface area contributed by atoms with Gasteiger partial charge < -0.3 is 10.9 Å². The summed E-state index contributed by atoms with van der Waals surface area (Å²) < 4.78 is 0. The van der Waals surface area contributed by atoms with E-state index in [1.807, 2.05) is 13.8 Å². The minimum absolute atomic E-state index is 0.0878. The quantitative estimate of drug-likeness (QED) is 0.226. The highest BCUT2D eigenvalue weighted by Gasteiger charge is 2.15. The van der Waals surface area contributed by atoms with Gasteiger partial charge in [0.2, 0.25) is 5.16 Å². The smallest absolute Gasteiger partial charge is 0.209 e. The van der Waals surface area contributed by atoms with Crippen LogP contribution in [-0.2, 0) is 0 Å². The molecule has 4 N–H and O–H groups in total. The summed E-state index contributed by atoms with van der Waals surface area (Å²) in [5.41, 5.74) is 5.50. The maximum Gasteiger partial charge on any atom is 0.209 e. The fraction of sp³-hybridized carbons (Fsp3) is 0.571.